The van der Waals surface area contributed by atoms with E-state index >= 15 is 0 Å². The summed E-state index contributed by atoms with van der Waals surface area (Å²) in [6.45, 7) is 9.15. The quantitative estimate of drug-likeness (QED) is 0.783. The summed E-state index contributed by atoms with van der Waals surface area (Å²) in [5.74, 6) is 0. The molecule has 0 spiro atoms. The molecule has 0 radical (unpaired) electrons. The Balaban J connectivity index is 1.93. The van der Waals surface area contributed by atoms with Crippen molar-refractivity contribution >= 4 is 27.0 Å². The zero-order valence-corrected chi connectivity index (χ0v) is 15.8. The van der Waals surface area contributed by atoms with Gasteiger partial charge in [0.1, 0.15) is 0 Å². The van der Waals surface area contributed by atoms with Crippen LogP contribution in [0.2, 0.25) is 25.2 Å². The Hall–Kier alpha value is -0.366. The topological polar surface area (TPSA) is 31.6 Å². The van der Waals surface area contributed by atoms with Gasteiger partial charge in [-0.25, -0.2) is 0 Å². The molecule has 0 saturated carbocycles. The molecule has 2 fully saturated rings. The maximum absolute atomic E-state index is 6.47. The molecule has 0 amide bonds. The second-order valence-electron chi connectivity index (χ2n) is 7.30. The van der Waals surface area contributed by atoms with Gasteiger partial charge in [-0.3, -0.25) is 0 Å². The average Bonchev–Trinajstić information content (AvgIpc) is 2.88. The van der Waals surface area contributed by atoms with Gasteiger partial charge < -0.3 is 13.3 Å². The molecule has 3 heterocycles. The molecular weight excluding hydrogens is 296 g/mol. The van der Waals surface area contributed by atoms with Crippen LogP contribution in [0.4, 0.5) is 0 Å². The van der Waals surface area contributed by atoms with E-state index in [-0.39, 0.29) is 0 Å². The van der Waals surface area contributed by atoms with Gasteiger partial charge in [0.05, 0.1) is 12.5 Å². The second kappa shape index (κ2) is 5.68. The van der Waals surface area contributed by atoms with Crippen molar-refractivity contribution < 1.29 is 13.3 Å². The standard InChI is InChI=1S/C16H28O3Si2/c1-13-7-5-9-20(3,18-13)15-11-17-12-16(15)21(4)10-6-8-14(2)19-21/h11-14H,5-10H2,1-4H3. The van der Waals surface area contributed by atoms with Crippen LogP contribution in [0.25, 0.3) is 0 Å². The first kappa shape index (κ1) is 15.5. The Morgan fingerprint density at radius 3 is 1.67 bits per heavy atom. The predicted octanol–water partition coefficient (Wildman–Crippen LogP) is 3.24. The minimum absolute atomic E-state index is 0.388. The van der Waals surface area contributed by atoms with E-state index in [2.05, 4.69) is 26.9 Å². The van der Waals surface area contributed by atoms with Crippen LogP contribution in [-0.2, 0) is 8.85 Å². The summed E-state index contributed by atoms with van der Waals surface area (Å²) < 4.78 is 18.6. The molecule has 0 bridgehead atoms. The van der Waals surface area contributed by atoms with Gasteiger partial charge in [-0.05, 0) is 51.9 Å². The fourth-order valence-corrected chi connectivity index (χ4v) is 12.4. The molecule has 3 rings (SSSR count). The van der Waals surface area contributed by atoms with Crippen molar-refractivity contribution in [2.45, 2.75) is 76.9 Å². The number of rotatable bonds is 2. The molecule has 21 heavy (non-hydrogen) atoms. The van der Waals surface area contributed by atoms with Gasteiger partial charge in [0.15, 0.2) is 0 Å². The van der Waals surface area contributed by atoms with Gasteiger partial charge in [0, 0.05) is 22.6 Å². The number of hydrogen-bond acceptors (Lipinski definition) is 3. The third kappa shape index (κ3) is 2.93. The molecule has 4 atom stereocenters. The lowest BCUT2D eigenvalue weighted by atomic mass is 10.2. The smallest absolute Gasteiger partial charge is 0.224 e. The summed E-state index contributed by atoms with van der Waals surface area (Å²) in [5.41, 5.74) is 0. The molecule has 2 aliphatic rings. The molecular formula is C16H28O3Si2. The molecule has 3 nitrogen and oxygen atoms in total. The van der Waals surface area contributed by atoms with Crippen LogP contribution in [0.1, 0.15) is 39.5 Å². The summed E-state index contributed by atoms with van der Waals surface area (Å²) >= 11 is 0. The van der Waals surface area contributed by atoms with E-state index in [1.165, 1.54) is 48.1 Å². The largest absolute Gasteiger partial charge is 0.473 e. The molecule has 1 aromatic heterocycles. The van der Waals surface area contributed by atoms with Gasteiger partial charge in [0.25, 0.3) is 0 Å². The van der Waals surface area contributed by atoms with E-state index in [1.807, 2.05) is 12.5 Å². The summed E-state index contributed by atoms with van der Waals surface area (Å²) in [5, 5.41) is 2.77. The lowest BCUT2D eigenvalue weighted by molar-refractivity contribution is 0.180. The maximum atomic E-state index is 6.47. The third-order valence-electron chi connectivity index (χ3n) is 5.25. The normalized spacial score (nSPS) is 41.1. The van der Waals surface area contributed by atoms with Crippen LogP contribution in [0.3, 0.4) is 0 Å². The Kier molecular flexibility index (Phi) is 4.20. The Bertz CT molecular complexity index is 461. The molecule has 1 aromatic rings. The fourth-order valence-electron chi connectivity index (χ4n) is 4.09. The van der Waals surface area contributed by atoms with Crippen molar-refractivity contribution in [2.75, 3.05) is 0 Å². The molecule has 4 unspecified atom stereocenters. The van der Waals surface area contributed by atoms with Gasteiger partial charge >= 0.3 is 0 Å². The third-order valence-corrected chi connectivity index (χ3v) is 13.0. The van der Waals surface area contributed by atoms with Crippen molar-refractivity contribution in [3.8, 4) is 0 Å². The first-order chi connectivity index (χ1) is 9.93. The lowest BCUT2D eigenvalue weighted by Crippen LogP contribution is -2.64. The molecule has 0 aliphatic carbocycles. The minimum Gasteiger partial charge on any atom is -0.473 e. The first-order valence-corrected chi connectivity index (χ1v) is 13.6. The van der Waals surface area contributed by atoms with E-state index in [1.54, 1.807) is 0 Å². The molecule has 2 aliphatic heterocycles. The summed E-state index contributed by atoms with van der Waals surface area (Å²) in [7, 11) is -3.72. The van der Waals surface area contributed by atoms with Gasteiger partial charge in [-0.2, -0.15) is 0 Å². The Morgan fingerprint density at radius 1 is 0.857 bits per heavy atom. The second-order valence-corrected chi connectivity index (χ2v) is 14.8. The monoisotopic (exact) mass is 324 g/mol. The highest BCUT2D eigenvalue weighted by Crippen LogP contribution is 2.29. The highest BCUT2D eigenvalue weighted by atomic mass is 28.4. The van der Waals surface area contributed by atoms with Gasteiger partial charge in [0.2, 0.25) is 16.6 Å². The van der Waals surface area contributed by atoms with E-state index in [4.69, 9.17) is 13.3 Å². The molecule has 0 aromatic carbocycles. The average molecular weight is 325 g/mol. The highest BCUT2D eigenvalue weighted by Gasteiger charge is 2.46. The summed E-state index contributed by atoms with van der Waals surface area (Å²) in [4.78, 5) is 0. The van der Waals surface area contributed by atoms with E-state index < -0.39 is 16.6 Å². The predicted molar refractivity (Wildman–Crippen MR) is 90.4 cm³/mol. The van der Waals surface area contributed by atoms with Crippen molar-refractivity contribution in [1.82, 2.24) is 0 Å². The van der Waals surface area contributed by atoms with Crippen LogP contribution < -0.4 is 10.4 Å². The van der Waals surface area contributed by atoms with Crippen LogP contribution in [0, 0.1) is 0 Å². The minimum atomic E-state index is -1.86. The van der Waals surface area contributed by atoms with Crippen molar-refractivity contribution in [3.63, 3.8) is 0 Å². The zero-order valence-electron chi connectivity index (χ0n) is 13.8. The van der Waals surface area contributed by atoms with Crippen molar-refractivity contribution in [3.05, 3.63) is 12.5 Å². The van der Waals surface area contributed by atoms with Gasteiger partial charge in [-0.1, -0.05) is 12.8 Å². The number of hydrogen-bond donors (Lipinski definition) is 0. The highest BCUT2D eigenvalue weighted by molar-refractivity contribution is 6.95. The van der Waals surface area contributed by atoms with Crippen molar-refractivity contribution in [2.24, 2.45) is 0 Å². The van der Waals surface area contributed by atoms with Crippen LogP contribution in [0.5, 0.6) is 0 Å². The Morgan fingerprint density at radius 2 is 1.29 bits per heavy atom. The SMILES string of the molecule is CC1CCC[Si](C)(c2cocc2[Si]2(C)CCCC(C)O2)O1. The maximum Gasteiger partial charge on any atom is 0.224 e. The van der Waals surface area contributed by atoms with Gasteiger partial charge in [-0.15, -0.1) is 0 Å². The van der Waals surface area contributed by atoms with E-state index in [9.17, 15) is 0 Å². The fraction of sp³-hybridized carbons (Fsp3) is 0.750. The molecule has 0 N–H and O–H groups in total. The van der Waals surface area contributed by atoms with Crippen molar-refractivity contribution in [1.29, 1.82) is 0 Å². The molecule has 118 valence electrons. The van der Waals surface area contributed by atoms with Crippen LogP contribution >= 0.6 is 0 Å². The lowest BCUT2D eigenvalue weighted by Gasteiger charge is -2.40. The van der Waals surface area contributed by atoms with E-state index in [0.717, 1.165) is 0 Å². The van der Waals surface area contributed by atoms with Crippen LogP contribution in [0.15, 0.2) is 16.9 Å². The van der Waals surface area contributed by atoms with E-state index in [0.29, 0.717) is 12.2 Å². The van der Waals surface area contributed by atoms with Crippen LogP contribution in [-0.4, -0.2) is 28.8 Å². The molecule has 2 saturated heterocycles. The number of furan rings is 1. The Labute approximate surface area is 130 Å². The first-order valence-electron chi connectivity index (χ1n) is 8.36. The summed E-state index contributed by atoms with van der Waals surface area (Å²) in [6.07, 6.45) is 9.67. The molecule has 5 heteroatoms. The zero-order chi connectivity index (χ0) is 15.1. The summed E-state index contributed by atoms with van der Waals surface area (Å²) in [6, 6.07) is 2.42.